The molecule has 3 aromatic rings. The number of benzene rings is 1. The van der Waals surface area contributed by atoms with Crippen molar-refractivity contribution in [2.45, 2.75) is 6.92 Å². The highest BCUT2D eigenvalue weighted by Gasteiger charge is 2.21. The van der Waals surface area contributed by atoms with Crippen LogP contribution in [0.5, 0.6) is 0 Å². The first kappa shape index (κ1) is 20.7. The molecule has 0 N–H and O–H groups in total. The van der Waals surface area contributed by atoms with Crippen molar-refractivity contribution in [1.29, 1.82) is 0 Å². The van der Waals surface area contributed by atoms with Crippen molar-refractivity contribution in [2.75, 3.05) is 36.0 Å². The van der Waals surface area contributed by atoms with Crippen LogP contribution in [0, 0.1) is 0 Å². The van der Waals surface area contributed by atoms with E-state index in [9.17, 15) is 9.59 Å². The monoisotopic (exact) mass is 434 g/mol. The lowest BCUT2D eigenvalue weighted by Gasteiger charge is -2.34. The van der Waals surface area contributed by atoms with Gasteiger partial charge in [0.2, 0.25) is 17.8 Å². The Labute approximate surface area is 184 Å². The quantitative estimate of drug-likeness (QED) is 0.574. The molecule has 2 amide bonds. The SMILES string of the molecule is CC(=O)N(c1ccccc1)c1nc(/C=C/C(=O)N2CCN(c3ncccn3)CC2)cs1. The van der Waals surface area contributed by atoms with Gasteiger partial charge in [-0.1, -0.05) is 18.2 Å². The predicted molar refractivity (Wildman–Crippen MR) is 121 cm³/mol. The summed E-state index contributed by atoms with van der Waals surface area (Å²) in [5, 5.41) is 2.41. The van der Waals surface area contributed by atoms with Crippen molar-refractivity contribution in [1.82, 2.24) is 19.9 Å². The number of piperazine rings is 1. The van der Waals surface area contributed by atoms with Crippen LogP contribution in [-0.4, -0.2) is 57.8 Å². The Hall–Kier alpha value is -3.59. The maximum absolute atomic E-state index is 12.6. The summed E-state index contributed by atoms with van der Waals surface area (Å²) >= 11 is 1.36. The number of hydrogen-bond acceptors (Lipinski definition) is 7. The first-order chi connectivity index (χ1) is 15.1. The second-order valence-corrected chi connectivity index (χ2v) is 7.78. The normalized spacial score (nSPS) is 14.1. The molecule has 3 heterocycles. The molecule has 1 saturated heterocycles. The number of rotatable bonds is 5. The number of carbonyl (C=O) groups excluding carboxylic acids is 2. The van der Waals surface area contributed by atoms with Crippen molar-refractivity contribution in [3.8, 4) is 0 Å². The lowest BCUT2D eigenvalue weighted by molar-refractivity contribution is -0.126. The Bertz CT molecular complexity index is 1060. The lowest BCUT2D eigenvalue weighted by atomic mass is 10.3. The highest BCUT2D eigenvalue weighted by Crippen LogP contribution is 2.29. The average Bonchev–Trinajstić information content (AvgIpc) is 3.27. The summed E-state index contributed by atoms with van der Waals surface area (Å²) in [6.07, 6.45) is 6.66. The zero-order chi connectivity index (χ0) is 21.6. The van der Waals surface area contributed by atoms with Crippen molar-refractivity contribution in [3.05, 3.63) is 65.9 Å². The molecule has 1 aromatic carbocycles. The van der Waals surface area contributed by atoms with Gasteiger partial charge in [0.25, 0.3) is 0 Å². The van der Waals surface area contributed by atoms with Crippen molar-refractivity contribution >= 4 is 46.0 Å². The van der Waals surface area contributed by atoms with Crippen molar-refractivity contribution in [2.24, 2.45) is 0 Å². The predicted octanol–water partition coefficient (Wildman–Crippen LogP) is 2.98. The van der Waals surface area contributed by atoms with Crippen LogP contribution in [0.2, 0.25) is 0 Å². The van der Waals surface area contributed by atoms with E-state index in [1.807, 2.05) is 35.7 Å². The molecule has 9 heteroatoms. The number of thiazole rings is 1. The lowest BCUT2D eigenvalue weighted by Crippen LogP contribution is -2.48. The van der Waals surface area contributed by atoms with Crippen LogP contribution in [-0.2, 0) is 9.59 Å². The molecule has 0 saturated carbocycles. The zero-order valence-corrected chi connectivity index (χ0v) is 17.9. The van der Waals surface area contributed by atoms with E-state index in [0.717, 1.165) is 5.69 Å². The van der Waals surface area contributed by atoms with Gasteiger partial charge in [0.15, 0.2) is 5.13 Å². The van der Waals surface area contributed by atoms with E-state index in [2.05, 4.69) is 19.9 Å². The number of hydrogen-bond donors (Lipinski definition) is 0. The number of anilines is 3. The van der Waals surface area contributed by atoms with Crippen LogP contribution in [0.25, 0.3) is 6.08 Å². The van der Waals surface area contributed by atoms with Crippen LogP contribution < -0.4 is 9.80 Å². The van der Waals surface area contributed by atoms with Gasteiger partial charge in [-0.2, -0.15) is 0 Å². The maximum atomic E-state index is 12.6. The molecule has 0 atom stereocenters. The molecule has 0 radical (unpaired) electrons. The molecular formula is C22H22N6O2S. The Kier molecular flexibility index (Phi) is 6.32. The Morgan fingerprint density at radius 3 is 2.42 bits per heavy atom. The standard InChI is InChI=1S/C22H22N6O2S/c1-17(29)28(19-6-3-2-4-7-19)22-25-18(16-31-22)8-9-20(30)26-12-14-27(15-13-26)21-23-10-5-11-24-21/h2-11,16H,12-15H2,1H3/b9-8+. The maximum Gasteiger partial charge on any atom is 0.246 e. The van der Waals surface area contributed by atoms with Gasteiger partial charge < -0.3 is 9.80 Å². The number of carbonyl (C=O) groups is 2. The summed E-state index contributed by atoms with van der Waals surface area (Å²) in [6.45, 7) is 4.10. The molecule has 1 aliphatic heterocycles. The van der Waals surface area contributed by atoms with Gasteiger partial charge in [-0.05, 0) is 24.3 Å². The number of para-hydroxylation sites is 1. The van der Waals surface area contributed by atoms with Gasteiger partial charge in [0, 0.05) is 57.0 Å². The molecule has 31 heavy (non-hydrogen) atoms. The first-order valence-electron chi connectivity index (χ1n) is 9.92. The summed E-state index contributed by atoms with van der Waals surface area (Å²) in [4.78, 5) is 43.2. The van der Waals surface area contributed by atoms with Crippen LogP contribution >= 0.6 is 11.3 Å². The van der Waals surface area contributed by atoms with E-state index < -0.39 is 0 Å². The number of aromatic nitrogens is 3. The minimum atomic E-state index is -0.118. The number of amides is 2. The highest BCUT2D eigenvalue weighted by molar-refractivity contribution is 7.14. The van der Waals surface area contributed by atoms with E-state index in [1.165, 1.54) is 24.3 Å². The molecule has 158 valence electrons. The fraction of sp³-hybridized carbons (Fsp3) is 0.227. The fourth-order valence-corrected chi connectivity index (χ4v) is 4.16. The van der Waals surface area contributed by atoms with E-state index in [0.29, 0.717) is 43.0 Å². The minimum Gasteiger partial charge on any atom is -0.337 e. The largest absolute Gasteiger partial charge is 0.337 e. The molecule has 0 spiro atoms. The smallest absolute Gasteiger partial charge is 0.246 e. The van der Waals surface area contributed by atoms with Gasteiger partial charge in [-0.25, -0.2) is 15.0 Å². The van der Waals surface area contributed by atoms with E-state index >= 15 is 0 Å². The van der Waals surface area contributed by atoms with Gasteiger partial charge in [0.05, 0.1) is 11.4 Å². The van der Waals surface area contributed by atoms with E-state index in [1.54, 1.807) is 34.3 Å². The Morgan fingerprint density at radius 1 is 1.03 bits per heavy atom. The molecule has 4 rings (SSSR count). The molecule has 1 fully saturated rings. The highest BCUT2D eigenvalue weighted by atomic mass is 32.1. The minimum absolute atomic E-state index is 0.0605. The van der Waals surface area contributed by atoms with Crippen molar-refractivity contribution < 1.29 is 9.59 Å². The topological polar surface area (TPSA) is 82.5 Å². The zero-order valence-electron chi connectivity index (χ0n) is 17.1. The van der Waals surface area contributed by atoms with E-state index in [-0.39, 0.29) is 11.8 Å². The average molecular weight is 435 g/mol. The fourth-order valence-electron chi connectivity index (χ4n) is 3.30. The molecule has 8 nitrogen and oxygen atoms in total. The summed E-state index contributed by atoms with van der Waals surface area (Å²) in [6, 6.07) is 11.2. The van der Waals surface area contributed by atoms with Crippen LogP contribution in [0.4, 0.5) is 16.8 Å². The molecule has 0 bridgehead atoms. The molecule has 0 aliphatic carbocycles. The third kappa shape index (κ3) is 4.95. The molecule has 2 aromatic heterocycles. The van der Waals surface area contributed by atoms with Gasteiger partial charge in [-0.3, -0.25) is 14.5 Å². The summed E-state index contributed by atoms with van der Waals surface area (Å²) in [5.74, 6) is 0.510. The van der Waals surface area contributed by atoms with Crippen molar-refractivity contribution in [3.63, 3.8) is 0 Å². The molecule has 1 aliphatic rings. The van der Waals surface area contributed by atoms with E-state index in [4.69, 9.17) is 0 Å². The Balaban J connectivity index is 1.38. The number of nitrogens with zero attached hydrogens (tertiary/aromatic N) is 6. The second-order valence-electron chi connectivity index (χ2n) is 6.94. The van der Waals surface area contributed by atoms with Gasteiger partial charge in [-0.15, -0.1) is 11.3 Å². The summed E-state index contributed by atoms with van der Waals surface area (Å²) < 4.78 is 0. The van der Waals surface area contributed by atoms with Crippen LogP contribution in [0.3, 0.4) is 0 Å². The van der Waals surface area contributed by atoms with Gasteiger partial charge in [0.1, 0.15) is 0 Å². The summed E-state index contributed by atoms with van der Waals surface area (Å²) in [5.41, 5.74) is 1.41. The third-order valence-corrected chi connectivity index (χ3v) is 5.70. The van der Waals surface area contributed by atoms with Gasteiger partial charge >= 0.3 is 0 Å². The molecule has 0 unspecified atom stereocenters. The summed E-state index contributed by atoms with van der Waals surface area (Å²) in [7, 11) is 0. The third-order valence-electron chi connectivity index (χ3n) is 4.85. The Morgan fingerprint density at radius 2 is 1.74 bits per heavy atom. The van der Waals surface area contributed by atoms with Crippen LogP contribution in [0.15, 0.2) is 60.2 Å². The first-order valence-corrected chi connectivity index (χ1v) is 10.8. The van der Waals surface area contributed by atoms with Crippen LogP contribution in [0.1, 0.15) is 12.6 Å². The molecular weight excluding hydrogens is 412 g/mol. The second kappa shape index (κ2) is 9.48.